The van der Waals surface area contributed by atoms with Gasteiger partial charge in [-0.1, -0.05) is 20.8 Å². The molecule has 0 aromatic heterocycles. The summed E-state index contributed by atoms with van der Waals surface area (Å²) in [5.41, 5.74) is -0.379. The van der Waals surface area contributed by atoms with Crippen molar-refractivity contribution >= 4 is 5.97 Å². The molecule has 3 rings (SSSR count). The van der Waals surface area contributed by atoms with Crippen molar-refractivity contribution in [3.8, 4) is 0 Å². The van der Waals surface area contributed by atoms with Gasteiger partial charge in [0.2, 0.25) is 0 Å². The highest BCUT2D eigenvalue weighted by Gasteiger charge is 2.62. The first-order valence-corrected chi connectivity index (χ1v) is 6.25. The quantitative estimate of drug-likeness (QED) is 0.769. The van der Waals surface area contributed by atoms with Crippen LogP contribution in [0, 0.1) is 29.1 Å². The van der Waals surface area contributed by atoms with E-state index in [2.05, 4.69) is 0 Å². The van der Waals surface area contributed by atoms with Crippen LogP contribution in [0.3, 0.4) is 0 Å². The van der Waals surface area contributed by atoms with Crippen molar-refractivity contribution in [2.24, 2.45) is 29.1 Å². The molecule has 0 aromatic carbocycles. The molecule has 1 N–H and O–H groups in total. The smallest absolute Gasteiger partial charge is 0.307 e. The van der Waals surface area contributed by atoms with E-state index < -0.39 is 29.6 Å². The number of halogens is 2. The molecule has 3 aliphatic carbocycles. The van der Waals surface area contributed by atoms with Gasteiger partial charge >= 0.3 is 5.97 Å². The number of hydrogen-bond donors (Lipinski definition) is 1. The van der Waals surface area contributed by atoms with Gasteiger partial charge in [-0.25, -0.2) is 8.78 Å². The maximum Gasteiger partial charge on any atom is 0.307 e. The molecule has 4 unspecified atom stereocenters. The van der Waals surface area contributed by atoms with E-state index in [4.69, 9.17) is 0 Å². The molecule has 2 nitrogen and oxygen atoms in total. The van der Waals surface area contributed by atoms with Crippen molar-refractivity contribution in [3.05, 3.63) is 0 Å². The minimum atomic E-state index is -2.67. The highest BCUT2D eigenvalue weighted by atomic mass is 19.3. The van der Waals surface area contributed by atoms with Crippen molar-refractivity contribution < 1.29 is 18.7 Å². The highest BCUT2D eigenvalue weighted by Crippen LogP contribution is 2.60. The number of alkyl halides is 2. The van der Waals surface area contributed by atoms with Gasteiger partial charge in [0.05, 0.1) is 5.92 Å². The van der Waals surface area contributed by atoms with E-state index in [1.807, 2.05) is 20.8 Å². The lowest BCUT2D eigenvalue weighted by Crippen LogP contribution is -2.57. The molecule has 0 saturated heterocycles. The Kier molecular flexibility index (Phi) is 2.75. The van der Waals surface area contributed by atoms with E-state index >= 15 is 0 Å². The molecule has 98 valence electrons. The van der Waals surface area contributed by atoms with Crippen molar-refractivity contribution in [2.45, 2.75) is 46.0 Å². The molecule has 0 heterocycles. The molecule has 0 amide bonds. The van der Waals surface area contributed by atoms with Crippen molar-refractivity contribution in [3.63, 3.8) is 0 Å². The minimum absolute atomic E-state index is 0.235. The van der Waals surface area contributed by atoms with Crippen molar-refractivity contribution in [2.75, 3.05) is 0 Å². The van der Waals surface area contributed by atoms with Crippen LogP contribution < -0.4 is 0 Å². The molecular weight excluding hydrogens is 226 g/mol. The van der Waals surface area contributed by atoms with E-state index in [0.29, 0.717) is 12.8 Å². The first kappa shape index (κ1) is 12.8. The zero-order valence-corrected chi connectivity index (χ0v) is 10.5. The molecule has 4 heteroatoms. The fourth-order valence-corrected chi connectivity index (χ4v) is 4.00. The van der Waals surface area contributed by atoms with Gasteiger partial charge in [0.1, 0.15) is 0 Å². The van der Waals surface area contributed by atoms with Gasteiger partial charge in [-0.3, -0.25) is 4.79 Å². The van der Waals surface area contributed by atoms with Crippen LogP contribution in [-0.4, -0.2) is 17.0 Å². The van der Waals surface area contributed by atoms with Crippen molar-refractivity contribution in [1.29, 1.82) is 0 Å². The number of carboxylic acids is 1. The van der Waals surface area contributed by atoms with Gasteiger partial charge < -0.3 is 5.11 Å². The fourth-order valence-electron chi connectivity index (χ4n) is 4.00. The maximum atomic E-state index is 13.9. The monoisotopic (exact) mass is 246 g/mol. The molecule has 0 aromatic rings. The third kappa shape index (κ3) is 1.95. The molecular formula is C13H20F2O2. The summed E-state index contributed by atoms with van der Waals surface area (Å²) in [6, 6.07) is 0. The summed E-state index contributed by atoms with van der Waals surface area (Å²) in [7, 11) is 0. The molecule has 0 radical (unpaired) electrons. The molecule has 0 aliphatic heterocycles. The predicted octanol–water partition coefficient (Wildman–Crippen LogP) is 3.41. The summed E-state index contributed by atoms with van der Waals surface area (Å²) in [6.07, 6.45) is 0.883. The lowest BCUT2D eigenvalue weighted by Gasteiger charge is -2.55. The van der Waals surface area contributed by atoms with Crippen LogP contribution >= 0.6 is 0 Å². The molecule has 17 heavy (non-hydrogen) atoms. The van der Waals surface area contributed by atoms with Gasteiger partial charge in [-0.2, -0.15) is 0 Å². The molecule has 4 atom stereocenters. The average molecular weight is 246 g/mol. The van der Waals surface area contributed by atoms with Crippen LogP contribution in [-0.2, 0) is 4.79 Å². The third-order valence-electron chi connectivity index (χ3n) is 4.54. The number of carboxylic acid groups (broad SMARTS) is 1. The van der Waals surface area contributed by atoms with Gasteiger partial charge in [-0.05, 0) is 30.1 Å². The standard InChI is InChI=1S/C13H20F2O2/c1-12(2,3)10-8-5-4-7(6-13(8,14)15)9(10)11(16)17/h7-10H,4-6H2,1-3H3,(H,16,17). The first-order valence-electron chi connectivity index (χ1n) is 6.25. The van der Waals surface area contributed by atoms with E-state index in [1.54, 1.807) is 0 Å². The second-order valence-electron chi connectivity index (χ2n) is 6.66. The normalized spacial score (nSPS) is 40.3. The Morgan fingerprint density at radius 2 is 1.88 bits per heavy atom. The van der Waals surface area contributed by atoms with Crippen LogP contribution in [0.5, 0.6) is 0 Å². The predicted molar refractivity (Wildman–Crippen MR) is 59.8 cm³/mol. The van der Waals surface area contributed by atoms with E-state index in [-0.39, 0.29) is 17.8 Å². The number of aliphatic carboxylic acids is 1. The SMILES string of the molecule is CC(C)(C)C1C(C(=O)O)C2CCC1C(F)(F)C2. The van der Waals surface area contributed by atoms with Crippen molar-refractivity contribution in [1.82, 2.24) is 0 Å². The number of rotatable bonds is 1. The summed E-state index contributed by atoms with van der Waals surface area (Å²) in [4.78, 5) is 11.4. The Hall–Kier alpha value is -0.670. The third-order valence-corrected chi connectivity index (χ3v) is 4.54. The van der Waals surface area contributed by atoms with Crippen LogP contribution in [0.2, 0.25) is 0 Å². The Labute approximate surface area is 100 Å². The second-order valence-corrected chi connectivity index (χ2v) is 6.66. The summed E-state index contributed by atoms with van der Waals surface area (Å²) in [6.45, 7) is 5.64. The van der Waals surface area contributed by atoms with Crippen LogP contribution in [0.4, 0.5) is 8.78 Å². The fraction of sp³-hybridized carbons (Fsp3) is 0.923. The molecule has 2 bridgehead atoms. The van der Waals surface area contributed by atoms with Crippen LogP contribution in [0.25, 0.3) is 0 Å². The number of carbonyl (C=O) groups is 1. The van der Waals surface area contributed by atoms with Gasteiger partial charge in [0.25, 0.3) is 5.92 Å². The zero-order valence-electron chi connectivity index (χ0n) is 10.5. The second kappa shape index (κ2) is 3.66. The van der Waals surface area contributed by atoms with Gasteiger partial charge in [0, 0.05) is 12.3 Å². The molecule has 3 fully saturated rings. The summed E-state index contributed by atoms with van der Waals surface area (Å²) in [5, 5.41) is 9.32. The topological polar surface area (TPSA) is 37.3 Å². The first-order chi connectivity index (χ1) is 7.64. The lowest BCUT2D eigenvalue weighted by molar-refractivity contribution is -0.208. The minimum Gasteiger partial charge on any atom is -0.481 e. The Bertz CT molecular complexity index is 333. The van der Waals surface area contributed by atoms with E-state index in [0.717, 1.165) is 0 Å². The summed E-state index contributed by atoms with van der Waals surface area (Å²) < 4.78 is 27.8. The maximum absolute atomic E-state index is 13.9. The average Bonchev–Trinajstić information content (AvgIpc) is 2.13. The molecule has 3 aliphatic rings. The summed E-state index contributed by atoms with van der Waals surface area (Å²) in [5.74, 6) is -5.68. The van der Waals surface area contributed by atoms with E-state index in [1.165, 1.54) is 0 Å². The van der Waals surface area contributed by atoms with Gasteiger partial charge in [0.15, 0.2) is 0 Å². The van der Waals surface area contributed by atoms with Gasteiger partial charge in [-0.15, -0.1) is 0 Å². The largest absolute Gasteiger partial charge is 0.481 e. The number of fused-ring (bicyclic) bond motifs is 3. The Morgan fingerprint density at radius 1 is 1.29 bits per heavy atom. The molecule has 0 spiro atoms. The van der Waals surface area contributed by atoms with Crippen LogP contribution in [0.1, 0.15) is 40.0 Å². The Balaban J connectivity index is 2.40. The lowest BCUT2D eigenvalue weighted by atomic mass is 9.51. The molecule has 3 saturated carbocycles. The Morgan fingerprint density at radius 3 is 2.29 bits per heavy atom. The van der Waals surface area contributed by atoms with E-state index in [9.17, 15) is 18.7 Å². The number of hydrogen-bond acceptors (Lipinski definition) is 1. The summed E-state index contributed by atoms with van der Waals surface area (Å²) >= 11 is 0. The highest BCUT2D eigenvalue weighted by molar-refractivity contribution is 5.71. The van der Waals surface area contributed by atoms with Crippen LogP contribution in [0.15, 0.2) is 0 Å². The zero-order chi connectivity index (χ0) is 13.0.